The molecule has 0 saturated carbocycles. The van der Waals surface area contributed by atoms with Crippen molar-refractivity contribution in [2.75, 3.05) is 0 Å². The van der Waals surface area contributed by atoms with Gasteiger partial charge in [-0.05, 0) is 29.8 Å². The van der Waals surface area contributed by atoms with E-state index in [9.17, 15) is 9.18 Å². The number of fused-ring (bicyclic) bond motifs is 1. The Labute approximate surface area is 142 Å². The van der Waals surface area contributed by atoms with Gasteiger partial charge in [0, 0.05) is 11.1 Å². The molecule has 0 unspecified atom stereocenters. The second kappa shape index (κ2) is 6.24. The Kier molecular flexibility index (Phi) is 3.78. The number of pyridine rings is 1. The predicted octanol–water partition coefficient (Wildman–Crippen LogP) is 3.49. The molecule has 4 aromatic rings. The van der Waals surface area contributed by atoms with Gasteiger partial charge in [-0.15, -0.1) is 5.10 Å². The lowest BCUT2D eigenvalue weighted by Gasteiger charge is -2.04. The summed E-state index contributed by atoms with van der Waals surface area (Å²) in [6.07, 6.45) is 0.808. The van der Waals surface area contributed by atoms with E-state index in [-0.39, 0.29) is 5.82 Å². The lowest BCUT2D eigenvalue weighted by atomic mass is 10.1. The van der Waals surface area contributed by atoms with Crippen molar-refractivity contribution in [1.82, 2.24) is 20.0 Å². The van der Waals surface area contributed by atoms with Crippen molar-refractivity contribution in [2.24, 2.45) is 0 Å². The van der Waals surface area contributed by atoms with Gasteiger partial charge < -0.3 is 0 Å². The van der Waals surface area contributed by atoms with E-state index in [2.05, 4.69) is 15.3 Å². The molecular formula is C19H13FN4O. The van der Waals surface area contributed by atoms with Crippen LogP contribution >= 0.6 is 0 Å². The summed E-state index contributed by atoms with van der Waals surface area (Å²) in [6.45, 7) is 0.456. The zero-order valence-electron chi connectivity index (χ0n) is 13.1. The number of aromatic nitrogens is 4. The van der Waals surface area contributed by atoms with Crippen molar-refractivity contribution in [3.05, 3.63) is 77.6 Å². The van der Waals surface area contributed by atoms with Crippen LogP contribution in [0.5, 0.6) is 0 Å². The van der Waals surface area contributed by atoms with E-state index in [1.54, 1.807) is 28.9 Å². The van der Waals surface area contributed by atoms with Gasteiger partial charge in [-0.1, -0.05) is 41.6 Å². The summed E-state index contributed by atoms with van der Waals surface area (Å²) < 4.78 is 14.7. The normalized spacial score (nSPS) is 10.9. The van der Waals surface area contributed by atoms with E-state index in [1.807, 2.05) is 24.3 Å². The Morgan fingerprint density at radius 1 is 0.960 bits per heavy atom. The number of hydrogen-bond donors (Lipinski definition) is 0. The van der Waals surface area contributed by atoms with Gasteiger partial charge in [-0.2, -0.15) is 0 Å². The summed E-state index contributed by atoms with van der Waals surface area (Å²) in [4.78, 5) is 15.4. The smallest absolute Gasteiger partial charge is 0.179 e. The van der Waals surface area contributed by atoms with Gasteiger partial charge in [0.05, 0.1) is 12.2 Å². The topological polar surface area (TPSA) is 60.7 Å². The summed E-state index contributed by atoms with van der Waals surface area (Å²) in [5.74, 6) is -0.272. The minimum atomic E-state index is -0.272. The van der Waals surface area contributed by atoms with Gasteiger partial charge in [-0.25, -0.2) is 14.1 Å². The molecule has 25 heavy (non-hydrogen) atoms. The monoisotopic (exact) mass is 332 g/mol. The lowest BCUT2D eigenvalue weighted by Crippen LogP contribution is -2.03. The van der Waals surface area contributed by atoms with Crippen LogP contribution in [-0.4, -0.2) is 26.3 Å². The number of carbonyl (C=O) groups excluding carboxylic acids is 1. The van der Waals surface area contributed by atoms with Crippen LogP contribution in [0, 0.1) is 5.82 Å². The van der Waals surface area contributed by atoms with Crippen LogP contribution in [0.15, 0.2) is 60.7 Å². The van der Waals surface area contributed by atoms with Gasteiger partial charge in [0.2, 0.25) is 0 Å². The fourth-order valence-electron chi connectivity index (χ4n) is 2.62. The standard InChI is InChI=1S/C19H13FN4O/c20-16-7-3-13(4-8-16)11-24-19-18(22-23-24)10-9-17(21-19)15-5-1-14(12-25)2-6-15/h1-10,12H,11H2. The molecule has 0 aliphatic rings. The number of rotatable bonds is 4. The lowest BCUT2D eigenvalue weighted by molar-refractivity contribution is 0.112. The molecular weight excluding hydrogens is 319 g/mol. The number of nitrogens with zero attached hydrogens (tertiary/aromatic N) is 4. The third-order valence-electron chi connectivity index (χ3n) is 3.95. The molecule has 0 atom stereocenters. The van der Waals surface area contributed by atoms with E-state index in [4.69, 9.17) is 0 Å². The van der Waals surface area contributed by atoms with Gasteiger partial charge in [0.25, 0.3) is 0 Å². The molecule has 2 heterocycles. The fraction of sp³-hybridized carbons (Fsp3) is 0.0526. The van der Waals surface area contributed by atoms with Gasteiger partial charge >= 0.3 is 0 Å². The minimum absolute atomic E-state index is 0.272. The van der Waals surface area contributed by atoms with Crippen LogP contribution in [0.25, 0.3) is 22.4 Å². The maximum atomic E-state index is 13.0. The van der Waals surface area contributed by atoms with Crippen LogP contribution in [0.1, 0.15) is 15.9 Å². The van der Waals surface area contributed by atoms with Crippen molar-refractivity contribution in [3.63, 3.8) is 0 Å². The SMILES string of the molecule is O=Cc1ccc(-c2ccc3nnn(Cc4ccc(F)cc4)c3n2)cc1. The molecule has 0 aliphatic heterocycles. The fourth-order valence-corrected chi connectivity index (χ4v) is 2.62. The highest BCUT2D eigenvalue weighted by Gasteiger charge is 2.09. The molecule has 122 valence electrons. The molecule has 5 nitrogen and oxygen atoms in total. The highest BCUT2D eigenvalue weighted by Crippen LogP contribution is 2.20. The molecule has 0 spiro atoms. The number of halogens is 1. The molecule has 0 aliphatic carbocycles. The molecule has 0 fully saturated rings. The van der Waals surface area contributed by atoms with Crippen LogP contribution < -0.4 is 0 Å². The number of carbonyl (C=O) groups is 1. The van der Waals surface area contributed by atoms with Gasteiger partial charge in [-0.3, -0.25) is 4.79 Å². The molecule has 0 saturated heterocycles. The Morgan fingerprint density at radius 3 is 2.44 bits per heavy atom. The summed E-state index contributed by atoms with van der Waals surface area (Å²) in [6, 6.07) is 17.2. The molecule has 0 radical (unpaired) electrons. The first-order valence-electron chi connectivity index (χ1n) is 7.73. The van der Waals surface area contributed by atoms with E-state index in [0.717, 1.165) is 23.1 Å². The van der Waals surface area contributed by atoms with Gasteiger partial charge in [0.15, 0.2) is 5.65 Å². The van der Waals surface area contributed by atoms with Crippen molar-refractivity contribution in [3.8, 4) is 11.3 Å². The highest BCUT2D eigenvalue weighted by atomic mass is 19.1. The van der Waals surface area contributed by atoms with Crippen molar-refractivity contribution in [1.29, 1.82) is 0 Å². The predicted molar refractivity (Wildman–Crippen MR) is 91.6 cm³/mol. The second-order valence-electron chi connectivity index (χ2n) is 5.65. The van der Waals surface area contributed by atoms with Crippen LogP contribution in [-0.2, 0) is 6.54 Å². The van der Waals surface area contributed by atoms with Crippen molar-refractivity contribution >= 4 is 17.5 Å². The van der Waals surface area contributed by atoms with E-state index >= 15 is 0 Å². The zero-order valence-corrected chi connectivity index (χ0v) is 13.1. The number of aldehydes is 1. The molecule has 0 bridgehead atoms. The van der Waals surface area contributed by atoms with Crippen LogP contribution in [0.4, 0.5) is 4.39 Å². The average Bonchev–Trinajstić information content (AvgIpc) is 3.06. The van der Waals surface area contributed by atoms with Crippen molar-refractivity contribution < 1.29 is 9.18 Å². The zero-order chi connectivity index (χ0) is 17.2. The van der Waals surface area contributed by atoms with Crippen LogP contribution in [0.2, 0.25) is 0 Å². The Hall–Kier alpha value is -3.41. The van der Waals surface area contributed by atoms with Crippen LogP contribution in [0.3, 0.4) is 0 Å². The Balaban J connectivity index is 1.71. The molecule has 2 aromatic heterocycles. The quantitative estimate of drug-likeness (QED) is 0.537. The molecule has 0 N–H and O–H groups in total. The Morgan fingerprint density at radius 2 is 1.72 bits per heavy atom. The first-order valence-corrected chi connectivity index (χ1v) is 7.73. The maximum Gasteiger partial charge on any atom is 0.179 e. The molecule has 0 amide bonds. The van der Waals surface area contributed by atoms with Crippen molar-refractivity contribution in [2.45, 2.75) is 6.54 Å². The summed E-state index contributed by atoms with van der Waals surface area (Å²) in [5.41, 5.74) is 4.55. The molecule has 4 rings (SSSR count). The van der Waals surface area contributed by atoms with E-state index in [1.165, 1.54) is 12.1 Å². The number of benzene rings is 2. The first-order chi connectivity index (χ1) is 12.2. The second-order valence-corrected chi connectivity index (χ2v) is 5.65. The minimum Gasteiger partial charge on any atom is -0.298 e. The summed E-state index contributed by atoms with van der Waals surface area (Å²) in [7, 11) is 0. The molecule has 2 aromatic carbocycles. The average molecular weight is 332 g/mol. The number of hydrogen-bond acceptors (Lipinski definition) is 4. The highest BCUT2D eigenvalue weighted by molar-refractivity contribution is 5.78. The largest absolute Gasteiger partial charge is 0.298 e. The maximum absolute atomic E-state index is 13.0. The Bertz CT molecular complexity index is 1040. The van der Waals surface area contributed by atoms with E-state index in [0.29, 0.717) is 23.3 Å². The van der Waals surface area contributed by atoms with E-state index < -0.39 is 0 Å². The summed E-state index contributed by atoms with van der Waals surface area (Å²) >= 11 is 0. The summed E-state index contributed by atoms with van der Waals surface area (Å²) in [5, 5.41) is 8.26. The third-order valence-corrected chi connectivity index (χ3v) is 3.95. The third kappa shape index (κ3) is 3.01. The van der Waals surface area contributed by atoms with Gasteiger partial charge in [0.1, 0.15) is 17.6 Å². The first kappa shape index (κ1) is 15.1. The molecule has 6 heteroatoms.